The summed E-state index contributed by atoms with van der Waals surface area (Å²) in [5.41, 5.74) is 2.11. The molecule has 0 saturated carbocycles. The number of hydrogen-bond acceptors (Lipinski definition) is 5. The first kappa shape index (κ1) is 14.6. The second-order valence-electron chi connectivity index (χ2n) is 6.12. The van der Waals surface area contributed by atoms with E-state index in [0.29, 0.717) is 0 Å². The minimum absolute atomic E-state index is 0.112. The summed E-state index contributed by atoms with van der Waals surface area (Å²) < 4.78 is 1.63. The van der Waals surface area contributed by atoms with E-state index < -0.39 is 0 Å². The molecule has 0 fully saturated rings. The lowest BCUT2D eigenvalue weighted by Crippen LogP contribution is -2.32. The molecular formula is C16H19N5OS. The predicted molar refractivity (Wildman–Crippen MR) is 90.0 cm³/mol. The molecule has 6 nitrogen and oxygen atoms in total. The molecule has 0 spiro atoms. The van der Waals surface area contributed by atoms with Gasteiger partial charge in [0.1, 0.15) is 11.2 Å². The third-order valence-electron chi connectivity index (χ3n) is 4.48. The first-order valence-corrected chi connectivity index (χ1v) is 8.95. The van der Waals surface area contributed by atoms with Crippen molar-refractivity contribution in [2.45, 2.75) is 52.0 Å². The molecule has 0 radical (unpaired) electrons. The van der Waals surface area contributed by atoms with Gasteiger partial charge in [-0.15, -0.1) is 16.4 Å². The summed E-state index contributed by atoms with van der Waals surface area (Å²) in [6, 6.07) is 0.112. The van der Waals surface area contributed by atoms with Crippen LogP contribution in [0.1, 0.15) is 54.2 Å². The maximum Gasteiger partial charge on any atom is 0.291 e. The van der Waals surface area contributed by atoms with Gasteiger partial charge in [-0.2, -0.15) is 0 Å². The van der Waals surface area contributed by atoms with Crippen molar-refractivity contribution in [3.05, 3.63) is 22.6 Å². The maximum absolute atomic E-state index is 12.3. The van der Waals surface area contributed by atoms with Gasteiger partial charge in [0.15, 0.2) is 5.65 Å². The lowest BCUT2D eigenvalue weighted by atomic mass is 9.97. The molecule has 3 aromatic rings. The minimum atomic E-state index is -0.222. The molecule has 0 saturated heterocycles. The molecule has 1 amide bonds. The van der Waals surface area contributed by atoms with E-state index in [-0.39, 0.29) is 17.8 Å². The molecule has 3 heterocycles. The van der Waals surface area contributed by atoms with Crippen molar-refractivity contribution < 1.29 is 4.79 Å². The molecular weight excluding hydrogens is 310 g/mol. The average Bonchev–Trinajstić information content (AvgIpc) is 3.15. The fraction of sp³-hybridized carbons (Fsp3) is 0.500. The van der Waals surface area contributed by atoms with Gasteiger partial charge in [0.25, 0.3) is 5.91 Å². The normalized spacial score (nSPS) is 15.7. The number of hydrogen-bond donors (Lipinski definition) is 1. The lowest BCUT2D eigenvalue weighted by molar-refractivity contribution is 0.0929. The Balaban J connectivity index is 1.83. The summed E-state index contributed by atoms with van der Waals surface area (Å²) in [4.78, 5) is 23.7. The summed E-state index contributed by atoms with van der Waals surface area (Å²) in [5, 5.41) is 8.32. The van der Waals surface area contributed by atoms with Crippen LogP contribution in [0.15, 0.2) is 6.33 Å². The smallest absolute Gasteiger partial charge is 0.291 e. The fourth-order valence-electron chi connectivity index (χ4n) is 3.04. The van der Waals surface area contributed by atoms with Crippen LogP contribution in [-0.2, 0) is 12.8 Å². The number of carbonyl (C=O) groups excluding carboxylic acids is 1. The highest BCUT2D eigenvalue weighted by molar-refractivity contribution is 7.19. The van der Waals surface area contributed by atoms with Crippen LogP contribution in [0.4, 0.5) is 0 Å². The van der Waals surface area contributed by atoms with E-state index in [0.717, 1.165) is 35.1 Å². The van der Waals surface area contributed by atoms with Crippen molar-refractivity contribution >= 4 is 33.1 Å². The molecule has 1 aliphatic carbocycles. The van der Waals surface area contributed by atoms with Crippen LogP contribution < -0.4 is 5.32 Å². The van der Waals surface area contributed by atoms with Gasteiger partial charge in [0, 0.05) is 10.9 Å². The summed E-state index contributed by atoms with van der Waals surface area (Å²) >= 11 is 1.75. The Morgan fingerprint density at radius 3 is 3.09 bits per heavy atom. The quantitative estimate of drug-likeness (QED) is 0.802. The minimum Gasteiger partial charge on any atom is -0.347 e. The molecule has 0 aromatic carbocycles. The Labute approximate surface area is 137 Å². The topological polar surface area (TPSA) is 72.2 Å². The summed E-state index contributed by atoms with van der Waals surface area (Å²) in [6.45, 7) is 4.01. The second kappa shape index (κ2) is 5.56. The Kier molecular flexibility index (Phi) is 3.52. The molecule has 7 heteroatoms. The number of fused-ring (bicyclic) bond motifs is 5. The van der Waals surface area contributed by atoms with E-state index in [1.54, 1.807) is 22.2 Å². The molecule has 1 aliphatic rings. The Hall–Kier alpha value is -2.02. The largest absolute Gasteiger partial charge is 0.347 e. The Bertz CT molecular complexity index is 897. The van der Waals surface area contributed by atoms with Gasteiger partial charge in [-0.1, -0.05) is 6.92 Å². The lowest BCUT2D eigenvalue weighted by Gasteiger charge is -2.09. The second-order valence-corrected chi connectivity index (χ2v) is 7.21. The van der Waals surface area contributed by atoms with Gasteiger partial charge in [-0.3, -0.25) is 4.79 Å². The number of thiophene rings is 1. The van der Waals surface area contributed by atoms with Crippen molar-refractivity contribution in [3.63, 3.8) is 0 Å². The SMILES string of the molecule is CC[C@@H](C)NC(=O)c1nc2c3c4c(sc3ncn2n1)CCCC4. The predicted octanol–water partition coefficient (Wildman–Crippen LogP) is 2.75. The number of carbonyl (C=O) groups is 1. The van der Waals surface area contributed by atoms with Gasteiger partial charge >= 0.3 is 0 Å². The van der Waals surface area contributed by atoms with Crippen molar-refractivity contribution in [3.8, 4) is 0 Å². The van der Waals surface area contributed by atoms with E-state index in [2.05, 4.69) is 20.4 Å². The number of aryl methyl sites for hydroxylation is 2. The molecule has 0 unspecified atom stereocenters. The number of nitrogens with one attached hydrogen (secondary N) is 1. The highest BCUT2D eigenvalue weighted by atomic mass is 32.1. The van der Waals surface area contributed by atoms with Crippen LogP contribution in [0.5, 0.6) is 0 Å². The van der Waals surface area contributed by atoms with Gasteiger partial charge in [0.05, 0.1) is 5.39 Å². The molecule has 1 N–H and O–H groups in total. The van der Waals surface area contributed by atoms with E-state index in [9.17, 15) is 4.79 Å². The van der Waals surface area contributed by atoms with E-state index in [4.69, 9.17) is 0 Å². The molecule has 0 bridgehead atoms. The third kappa shape index (κ3) is 2.39. The van der Waals surface area contributed by atoms with E-state index in [1.165, 1.54) is 23.3 Å². The van der Waals surface area contributed by atoms with Crippen LogP contribution >= 0.6 is 11.3 Å². The van der Waals surface area contributed by atoms with Crippen LogP contribution in [0, 0.1) is 0 Å². The zero-order chi connectivity index (χ0) is 16.0. The fourth-order valence-corrected chi connectivity index (χ4v) is 4.26. The van der Waals surface area contributed by atoms with Crippen molar-refractivity contribution in [1.82, 2.24) is 24.9 Å². The first-order chi connectivity index (χ1) is 11.2. The van der Waals surface area contributed by atoms with Gasteiger partial charge in [-0.05, 0) is 44.6 Å². The zero-order valence-corrected chi connectivity index (χ0v) is 14.1. The van der Waals surface area contributed by atoms with Crippen molar-refractivity contribution in [2.75, 3.05) is 0 Å². The molecule has 23 heavy (non-hydrogen) atoms. The highest BCUT2D eigenvalue weighted by Crippen LogP contribution is 2.36. The number of amides is 1. The molecule has 4 rings (SSSR count). The standard InChI is InChI=1S/C16H19N5OS/c1-3-9(2)18-15(22)13-19-14-12-10-6-4-5-7-11(10)23-16(12)17-8-21(14)20-13/h8-9H,3-7H2,1-2H3,(H,18,22)/t9-/m1/s1. The van der Waals surface area contributed by atoms with Gasteiger partial charge < -0.3 is 5.32 Å². The molecule has 3 aromatic heterocycles. The van der Waals surface area contributed by atoms with Gasteiger partial charge in [-0.25, -0.2) is 14.5 Å². The van der Waals surface area contributed by atoms with Crippen LogP contribution in [0.2, 0.25) is 0 Å². The van der Waals surface area contributed by atoms with Crippen molar-refractivity contribution in [2.24, 2.45) is 0 Å². The van der Waals surface area contributed by atoms with Crippen LogP contribution in [-0.4, -0.2) is 31.5 Å². The van der Waals surface area contributed by atoms with E-state index in [1.807, 2.05) is 13.8 Å². The monoisotopic (exact) mass is 329 g/mol. The Morgan fingerprint density at radius 2 is 2.26 bits per heavy atom. The van der Waals surface area contributed by atoms with Crippen LogP contribution in [0.3, 0.4) is 0 Å². The third-order valence-corrected chi connectivity index (χ3v) is 5.68. The summed E-state index contributed by atoms with van der Waals surface area (Å²) in [6.07, 6.45) is 7.17. The average molecular weight is 329 g/mol. The number of aromatic nitrogens is 4. The van der Waals surface area contributed by atoms with E-state index >= 15 is 0 Å². The van der Waals surface area contributed by atoms with Gasteiger partial charge in [0.2, 0.25) is 5.82 Å². The summed E-state index contributed by atoms with van der Waals surface area (Å²) in [5.74, 6) is -0.00402. The maximum atomic E-state index is 12.3. The first-order valence-electron chi connectivity index (χ1n) is 8.14. The highest BCUT2D eigenvalue weighted by Gasteiger charge is 2.22. The summed E-state index contributed by atoms with van der Waals surface area (Å²) in [7, 11) is 0. The molecule has 1 atom stereocenters. The number of nitrogens with zero attached hydrogens (tertiary/aromatic N) is 4. The van der Waals surface area contributed by atoms with Crippen LogP contribution in [0.25, 0.3) is 15.9 Å². The van der Waals surface area contributed by atoms with Crippen molar-refractivity contribution in [1.29, 1.82) is 0 Å². The Morgan fingerprint density at radius 1 is 1.43 bits per heavy atom. The molecule has 0 aliphatic heterocycles. The molecule has 120 valence electrons. The zero-order valence-electron chi connectivity index (χ0n) is 13.3. The number of rotatable bonds is 3.